The van der Waals surface area contributed by atoms with Gasteiger partial charge in [-0.3, -0.25) is 0 Å². The van der Waals surface area contributed by atoms with Crippen LogP contribution in [0.15, 0.2) is 46.9 Å². The van der Waals surface area contributed by atoms with Crippen molar-refractivity contribution in [3.63, 3.8) is 0 Å². The summed E-state index contributed by atoms with van der Waals surface area (Å²) in [6.07, 6.45) is 0.940. The number of benzene rings is 2. The maximum atomic E-state index is 6.09. The number of aryl methyl sites for hydroxylation is 1. The molecular formula is C18H20BrNO. The van der Waals surface area contributed by atoms with Gasteiger partial charge in [0.1, 0.15) is 11.4 Å². The van der Waals surface area contributed by atoms with Gasteiger partial charge in [-0.1, -0.05) is 34.1 Å². The number of halogens is 1. The van der Waals surface area contributed by atoms with Crippen LogP contribution in [0.1, 0.15) is 37.4 Å². The summed E-state index contributed by atoms with van der Waals surface area (Å²) < 4.78 is 7.19. The first kappa shape index (κ1) is 14.5. The molecule has 1 unspecified atom stereocenters. The van der Waals surface area contributed by atoms with E-state index in [4.69, 9.17) is 4.74 Å². The summed E-state index contributed by atoms with van der Waals surface area (Å²) in [7, 11) is 0. The molecule has 2 aromatic rings. The fourth-order valence-corrected chi connectivity index (χ4v) is 3.56. The van der Waals surface area contributed by atoms with Crippen LogP contribution in [-0.2, 0) is 0 Å². The van der Waals surface area contributed by atoms with Gasteiger partial charge in [0.25, 0.3) is 0 Å². The van der Waals surface area contributed by atoms with Gasteiger partial charge in [0.05, 0.1) is 6.04 Å². The van der Waals surface area contributed by atoms with Gasteiger partial charge in [0, 0.05) is 22.1 Å². The second kappa shape index (κ2) is 5.38. The lowest BCUT2D eigenvalue weighted by atomic mass is 9.89. The number of hydrogen-bond donors (Lipinski definition) is 1. The summed E-state index contributed by atoms with van der Waals surface area (Å²) in [6.45, 7) is 6.39. The van der Waals surface area contributed by atoms with Crippen molar-refractivity contribution in [2.45, 2.75) is 38.8 Å². The van der Waals surface area contributed by atoms with Crippen LogP contribution in [0, 0.1) is 6.92 Å². The normalized spacial score (nSPS) is 19.5. The summed E-state index contributed by atoms with van der Waals surface area (Å²) in [4.78, 5) is 0. The third-order valence-corrected chi connectivity index (χ3v) is 4.22. The van der Waals surface area contributed by atoms with Crippen molar-refractivity contribution in [1.82, 2.24) is 0 Å². The number of nitrogens with one attached hydrogen (secondary N) is 1. The van der Waals surface area contributed by atoms with Gasteiger partial charge in [-0.15, -0.1) is 0 Å². The lowest BCUT2D eigenvalue weighted by Crippen LogP contribution is -2.37. The second-order valence-electron chi connectivity index (χ2n) is 6.32. The van der Waals surface area contributed by atoms with Crippen LogP contribution in [0.5, 0.6) is 5.75 Å². The van der Waals surface area contributed by atoms with Crippen LogP contribution in [0.3, 0.4) is 0 Å². The van der Waals surface area contributed by atoms with Crippen molar-refractivity contribution >= 4 is 21.6 Å². The summed E-state index contributed by atoms with van der Waals surface area (Å²) >= 11 is 3.57. The zero-order valence-electron chi connectivity index (χ0n) is 12.6. The van der Waals surface area contributed by atoms with E-state index in [1.165, 1.54) is 11.1 Å². The highest BCUT2D eigenvalue weighted by Crippen LogP contribution is 2.41. The van der Waals surface area contributed by atoms with Crippen molar-refractivity contribution in [2.24, 2.45) is 0 Å². The van der Waals surface area contributed by atoms with Crippen LogP contribution in [-0.4, -0.2) is 5.60 Å². The minimum atomic E-state index is -0.160. The number of hydrogen-bond acceptors (Lipinski definition) is 2. The highest BCUT2D eigenvalue weighted by molar-refractivity contribution is 9.10. The summed E-state index contributed by atoms with van der Waals surface area (Å²) in [6, 6.07) is 15.0. The summed E-state index contributed by atoms with van der Waals surface area (Å²) in [5.41, 5.74) is 3.45. The number of anilines is 1. The summed E-state index contributed by atoms with van der Waals surface area (Å²) in [5, 5.41) is 3.66. The van der Waals surface area contributed by atoms with E-state index in [-0.39, 0.29) is 11.6 Å². The predicted molar refractivity (Wildman–Crippen MR) is 91.0 cm³/mol. The van der Waals surface area contributed by atoms with Crippen LogP contribution >= 0.6 is 15.9 Å². The Morgan fingerprint density at radius 2 is 1.95 bits per heavy atom. The zero-order valence-corrected chi connectivity index (χ0v) is 14.2. The fourth-order valence-electron chi connectivity index (χ4n) is 2.95. The number of para-hydroxylation sites is 1. The highest BCUT2D eigenvalue weighted by Gasteiger charge is 2.33. The van der Waals surface area contributed by atoms with Gasteiger partial charge >= 0.3 is 0 Å². The molecule has 0 aliphatic carbocycles. The van der Waals surface area contributed by atoms with Crippen molar-refractivity contribution in [1.29, 1.82) is 0 Å². The van der Waals surface area contributed by atoms with Crippen LogP contribution < -0.4 is 10.1 Å². The van der Waals surface area contributed by atoms with E-state index in [0.717, 1.165) is 22.3 Å². The van der Waals surface area contributed by atoms with E-state index in [2.05, 4.69) is 78.4 Å². The first-order chi connectivity index (χ1) is 9.93. The quantitative estimate of drug-likeness (QED) is 0.778. The molecule has 0 radical (unpaired) electrons. The first-order valence-corrected chi connectivity index (χ1v) is 8.04. The molecule has 1 atom stereocenters. The first-order valence-electron chi connectivity index (χ1n) is 7.25. The Bertz CT molecular complexity index is 646. The number of ether oxygens (including phenoxy) is 1. The third-order valence-electron chi connectivity index (χ3n) is 3.76. The average Bonchev–Trinajstić information content (AvgIpc) is 2.36. The molecule has 0 amide bonds. The van der Waals surface area contributed by atoms with Gasteiger partial charge in [-0.25, -0.2) is 0 Å². The van der Waals surface area contributed by atoms with Crippen molar-refractivity contribution in [3.8, 4) is 5.75 Å². The standard InChI is InChI=1S/C18H20BrNO/c1-12-8-13(19)10-14(9-12)20-16-11-18(2,3)21-17-7-5-4-6-15(16)17/h4-10,16,20H,11H2,1-3H3. The molecule has 1 aliphatic heterocycles. The molecule has 0 saturated heterocycles. The molecule has 3 heteroatoms. The third kappa shape index (κ3) is 3.24. The minimum absolute atomic E-state index is 0.160. The molecule has 1 N–H and O–H groups in total. The monoisotopic (exact) mass is 345 g/mol. The van der Waals surface area contributed by atoms with Crippen molar-refractivity contribution in [2.75, 3.05) is 5.32 Å². The van der Waals surface area contributed by atoms with Gasteiger partial charge in [0.2, 0.25) is 0 Å². The van der Waals surface area contributed by atoms with Crippen LogP contribution in [0.25, 0.3) is 0 Å². The molecule has 0 spiro atoms. The maximum Gasteiger partial charge on any atom is 0.125 e. The van der Waals surface area contributed by atoms with Crippen LogP contribution in [0.4, 0.5) is 5.69 Å². The van der Waals surface area contributed by atoms with E-state index in [1.807, 2.05) is 6.07 Å². The Morgan fingerprint density at radius 3 is 2.71 bits per heavy atom. The largest absolute Gasteiger partial charge is 0.487 e. The molecule has 0 bridgehead atoms. The molecule has 21 heavy (non-hydrogen) atoms. The van der Waals surface area contributed by atoms with Crippen molar-refractivity contribution in [3.05, 3.63) is 58.1 Å². The number of rotatable bonds is 2. The molecule has 1 aliphatic rings. The fraction of sp³-hybridized carbons (Fsp3) is 0.333. The van der Waals surface area contributed by atoms with E-state index in [0.29, 0.717) is 0 Å². The van der Waals surface area contributed by atoms with Gasteiger partial charge in [0.15, 0.2) is 0 Å². The van der Waals surface area contributed by atoms with E-state index in [1.54, 1.807) is 0 Å². The zero-order chi connectivity index (χ0) is 15.0. The summed E-state index contributed by atoms with van der Waals surface area (Å²) in [5.74, 6) is 0.984. The van der Waals surface area contributed by atoms with Gasteiger partial charge in [-0.2, -0.15) is 0 Å². The molecule has 0 aromatic heterocycles. The smallest absolute Gasteiger partial charge is 0.125 e. The molecule has 110 valence electrons. The topological polar surface area (TPSA) is 21.3 Å². The van der Waals surface area contributed by atoms with E-state index >= 15 is 0 Å². The van der Waals surface area contributed by atoms with Gasteiger partial charge in [-0.05, 0) is 50.6 Å². The molecule has 2 aromatic carbocycles. The molecule has 0 fully saturated rings. The highest BCUT2D eigenvalue weighted by atomic mass is 79.9. The van der Waals surface area contributed by atoms with E-state index in [9.17, 15) is 0 Å². The lowest BCUT2D eigenvalue weighted by Gasteiger charge is -2.38. The Hall–Kier alpha value is -1.48. The molecule has 2 nitrogen and oxygen atoms in total. The Balaban J connectivity index is 1.94. The second-order valence-corrected chi connectivity index (χ2v) is 7.23. The molecule has 1 heterocycles. The van der Waals surface area contributed by atoms with Gasteiger partial charge < -0.3 is 10.1 Å². The Labute approximate surface area is 134 Å². The molecule has 0 saturated carbocycles. The van der Waals surface area contributed by atoms with Crippen LogP contribution in [0.2, 0.25) is 0 Å². The maximum absolute atomic E-state index is 6.09. The average molecular weight is 346 g/mol. The van der Waals surface area contributed by atoms with E-state index < -0.39 is 0 Å². The Kier molecular flexibility index (Phi) is 3.70. The predicted octanol–water partition coefficient (Wildman–Crippen LogP) is 5.47. The molecular weight excluding hydrogens is 326 g/mol. The number of fused-ring (bicyclic) bond motifs is 1. The molecule has 3 rings (SSSR count). The SMILES string of the molecule is Cc1cc(Br)cc(NC2CC(C)(C)Oc3ccccc32)c1. The van der Waals surface area contributed by atoms with Crippen molar-refractivity contribution < 1.29 is 4.74 Å². The Morgan fingerprint density at radius 1 is 1.19 bits per heavy atom. The lowest BCUT2D eigenvalue weighted by molar-refractivity contribution is 0.0759. The minimum Gasteiger partial charge on any atom is -0.487 e.